The van der Waals surface area contributed by atoms with Crippen LogP contribution in [0.4, 0.5) is 0 Å². The van der Waals surface area contributed by atoms with E-state index in [4.69, 9.17) is 5.11 Å². The molecular formula is C17H20N2O3. The third-order valence-corrected chi connectivity index (χ3v) is 3.43. The van der Waals surface area contributed by atoms with Gasteiger partial charge in [-0.15, -0.1) is 0 Å². The number of carboxylic acids is 1. The van der Waals surface area contributed by atoms with Crippen LogP contribution in [0.2, 0.25) is 0 Å². The Morgan fingerprint density at radius 1 is 1.14 bits per heavy atom. The molecule has 0 aliphatic heterocycles. The SMILES string of the molecule is CC(C)(CCC(=O)O)NC(=O)c1ccc(-c2ccccc2)[nH]1. The summed E-state index contributed by atoms with van der Waals surface area (Å²) in [5, 5.41) is 11.6. The summed E-state index contributed by atoms with van der Waals surface area (Å²) in [4.78, 5) is 26.0. The van der Waals surface area contributed by atoms with E-state index < -0.39 is 11.5 Å². The van der Waals surface area contributed by atoms with Gasteiger partial charge in [0.25, 0.3) is 5.91 Å². The number of H-pyrrole nitrogens is 1. The minimum atomic E-state index is -0.867. The normalized spacial score (nSPS) is 11.2. The van der Waals surface area contributed by atoms with Crippen LogP contribution in [0, 0.1) is 0 Å². The lowest BCUT2D eigenvalue weighted by Crippen LogP contribution is -2.43. The minimum absolute atomic E-state index is 0.0211. The first-order valence-electron chi connectivity index (χ1n) is 7.16. The highest BCUT2D eigenvalue weighted by molar-refractivity contribution is 5.93. The molecule has 0 bridgehead atoms. The Morgan fingerprint density at radius 3 is 2.45 bits per heavy atom. The van der Waals surface area contributed by atoms with Gasteiger partial charge in [0.15, 0.2) is 0 Å². The third kappa shape index (κ3) is 4.22. The standard InChI is InChI=1S/C17H20N2O3/c1-17(2,11-10-15(20)21)19-16(22)14-9-8-13(18-14)12-6-4-3-5-7-12/h3-9,18H,10-11H2,1-2H3,(H,19,22)(H,20,21). The summed E-state index contributed by atoms with van der Waals surface area (Å²) in [6, 6.07) is 13.3. The molecule has 0 radical (unpaired) electrons. The maximum Gasteiger partial charge on any atom is 0.303 e. The summed E-state index contributed by atoms with van der Waals surface area (Å²) in [6.07, 6.45) is 0.396. The number of benzene rings is 1. The van der Waals surface area contributed by atoms with Gasteiger partial charge in [-0.3, -0.25) is 9.59 Å². The molecule has 0 aliphatic rings. The van der Waals surface area contributed by atoms with Gasteiger partial charge in [0, 0.05) is 17.7 Å². The van der Waals surface area contributed by atoms with Crippen LogP contribution in [0.15, 0.2) is 42.5 Å². The molecule has 0 saturated heterocycles. The number of aliphatic carboxylic acids is 1. The van der Waals surface area contributed by atoms with E-state index >= 15 is 0 Å². The predicted molar refractivity (Wildman–Crippen MR) is 84.6 cm³/mol. The van der Waals surface area contributed by atoms with E-state index in [0.29, 0.717) is 12.1 Å². The Kier molecular flexibility index (Phi) is 4.65. The quantitative estimate of drug-likeness (QED) is 0.766. The Labute approximate surface area is 129 Å². The van der Waals surface area contributed by atoms with Crippen molar-refractivity contribution in [2.75, 3.05) is 0 Å². The average molecular weight is 300 g/mol. The van der Waals surface area contributed by atoms with E-state index in [1.807, 2.05) is 50.2 Å². The Bertz CT molecular complexity index is 660. The molecule has 0 spiro atoms. The third-order valence-electron chi connectivity index (χ3n) is 3.43. The number of carbonyl (C=O) groups excluding carboxylic acids is 1. The van der Waals surface area contributed by atoms with E-state index in [1.54, 1.807) is 6.07 Å². The van der Waals surface area contributed by atoms with Crippen molar-refractivity contribution in [1.29, 1.82) is 0 Å². The smallest absolute Gasteiger partial charge is 0.303 e. The van der Waals surface area contributed by atoms with Crippen molar-refractivity contribution in [3.8, 4) is 11.3 Å². The van der Waals surface area contributed by atoms with Gasteiger partial charge in [-0.25, -0.2) is 0 Å². The number of hydrogen-bond acceptors (Lipinski definition) is 2. The molecular weight excluding hydrogens is 280 g/mol. The van der Waals surface area contributed by atoms with Gasteiger partial charge in [0.05, 0.1) is 0 Å². The Morgan fingerprint density at radius 2 is 1.82 bits per heavy atom. The van der Waals surface area contributed by atoms with Gasteiger partial charge in [0.1, 0.15) is 5.69 Å². The van der Waals surface area contributed by atoms with Gasteiger partial charge in [-0.2, -0.15) is 0 Å². The molecule has 5 nitrogen and oxygen atoms in total. The molecule has 116 valence electrons. The number of nitrogens with one attached hydrogen (secondary N) is 2. The van der Waals surface area contributed by atoms with Gasteiger partial charge in [0.2, 0.25) is 0 Å². The highest BCUT2D eigenvalue weighted by Gasteiger charge is 2.22. The van der Waals surface area contributed by atoms with E-state index in [9.17, 15) is 9.59 Å². The van der Waals surface area contributed by atoms with E-state index in [-0.39, 0.29) is 12.3 Å². The average Bonchev–Trinajstić information content (AvgIpc) is 2.96. The number of carbonyl (C=O) groups is 2. The molecule has 22 heavy (non-hydrogen) atoms. The maximum atomic E-state index is 12.3. The Balaban J connectivity index is 2.04. The van der Waals surface area contributed by atoms with Crippen LogP contribution < -0.4 is 5.32 Å². The molecule has 5 heteroatoms. The molecule has 0 atom stereocenters. The van der Waals surface area contributed by atoms with Crippen molar-refractivity contribution in [1.82, 2.24) is 10.3 Å². The van der Waals surface area contributed by atoms with E-state index in [2.05, 4.69) is 10.3 Å². The molecule has 0 fully saturated rings. The van der Waals surface area contributed by atoms with Crippen molar-refractivity contribution >= 4 is 11.9 Å². The molecule has 2 rings (SSSR count). The lowest BCUT2D eigenvalue weighted by Gasteiger charge is -2.25. The molecule has 1 heterocycles. The van der Waals surface area contributed by atoms with Crippen molar-refractivity contribution in [3.05, 3.63) is 48.2 Å². The fourth-order valence-corrected chi connectivity index (χ4v) is 2.17. The first-order chi connectivity index (χ1) is 10.4. The molecule has 1 amide bonds. The summed E-state index contributed by atoms with van der Waals surface area (Å²) in [5.74, 6) is -1.11. The molecule has 0 unspecified atom stereocenters. The Hall–Kier alpha value is -2.56. The molecule has 0 saturated carbocycles. The highest BCUT2D eigenvalue weighted by Crippen LogP contribution is 2.19. The number of hydrogen-bond donors (Lipinski definition) is 3. The summed E-state index contributed by atoms with van der Waals surface area (Å²) in [6.45, 7) is 3.63. The molecule has 2 aromatic rings. The topological polar surface area (TPSA) is 82.2 Å². The van der Waals surface area contributed by atoms with Gasteiger partial charge in [-0.1, -0.05) is 30.3 Å². The van der Waals surface area contributed by atoms with Crippen molar-refractivity contribution in [2.45, 2.75) is 32.2 Å². The number of amides is 1. The zero-order valence-corrected chi connectivity index (χ0v) is 12.7. The van der Waals surface area contributed by atoms with Crippen molar-refractivity contribution in [3.63, 3.8) is 0 Å². The lowest BCUT2D eigenvalue weighted by atomic mass is 9.98. The zero-order valence-electron chi connectivity index (χ0n) is 12.7. The molecule has 1 aromatic heterocycles. The van der Waals surface area contributed by atoms with Gasteiger partial charge in [-0.05, 0) is 38.0 Å². The highest BCUT2D eigenvalue weighted by atomic mass is 16.4. The fraction of sp³-hybridized carbons (Fsp3) is 0.294. The van der Waals surface area contributed by atoms with E-state index in [1.165, 1.54) is 0 Å². The number of aromatic amines is 1. The number of aromatic nitrogens is 1. The van der Waals surface area contributed by atoms with Crippen LogP contribution in [0.25, 0.3) is 11.3 Å². The van der Waals surface area contributed by atoms with Crippen LogP contribution in [0.5, 0.6) is 0 Å². The summed E-state index contributed by atoms with van der Waals surface area (Å²) >= 11 is 0. The first-order valence-corrected chi connectivity index (χ1v) is 7.16. The zero-order chi connectivity index (χ0) is 16.2. The summed E-state index contributed by atoms with van der Waals surface area (Å²) in [5.41, 5.74) is 1.76. The van der Waals surface area contributed by atoms with Crippen LogP contribution in [-0.4, -0.2) is 27.5 Å². The molecule has 1 aromatic carbocycles. The summed E-state index contributed by atoms with van der Waals surface area (Å²) < 4.78 is 0. The van der Waals surface area contributed by atoms with Gasteiger partial charge >= 0.3 is 5.97 Å². The predicted octanol–water partition coefficient (Wildman–Crippen LogP) is 3.05. The lowest BCUT2D eigenvalue weighted by molar-refractivity contribution is -0.137. The van der Waals surface area contributed by atoms with Crippen LogP contribution in [-0.2, 0) is 4.79 Å². The monoisotopic (exact) mass is 300 g/mol. The fourth-order valence-electron chi connectivity index (χ4n) is 2.17. The second-order valence-corrected chi connectivity index (χ2v) is 5.88. The van der Waals surface area contributed by atoms with Crippen LogP contribution >= 0.6 is 0 Å². The van der Waals surface area contributed by atoms with Crippen molar-refractivity contribution < 1.29 is 14.7 Å². The van der Waals surface area contributed by atoms with Crippen LogP contribution in [0.1, 0.15) is 37.2 Å². The number of carboxylic acid groups (broad SMARTS) is 1. The van der Waals surface area contributed by atoms with E-state index in [0.717, 1.165) is 11.3 Å². The largest absolute Gasteiger partial charge is 0.481 e. The van der Waals surface area contributed by atoms with Gasteiger partial charge < -0.3 is 15.4 Å². The maximum absolute atomic E-state index is 12.3. The molecule has 3 N–H and O–H groups in total. The molecule has 0 aliphatic carbocycles. The second-order valence-electron chi connectivity index (χ2n) is 5.88. The second kappa shape index (κ2) is 6.47. The number of rotatable bonds is 6. The van der Waals surface area contributed by atoms with Crippen LogP contribution in [0.3, 0.4) is 0 Å². The summed E-state index contributed by atoms with van der Waals surface area (Å²) in [7, 11) is 0. The minimum Gasteiger partial charge on any atom is -0.481 e. The first kappa shape index (κ1) is 15.8. The van der Waals surface area contributed by atoms with Crippen molar-refractivity contribution in [2.24, 2.45) is 0 Å².